The first kappa shape index (κ1) is 19.1. The molecule has 0 aliphatic rings. The fraction of sp³-hybridized carbons (Fsp3) is 0.235. The third-order valence-electron chi connectivity index (χ3n) is 3.40. The largest absolute Gasteiger partial charge is 0.494 e. The summed E-state index contributed by atoms with van der Waals surface area (Å²) in [5.41, 5.74) is 0.363. The van der Waals surface area contributed by atoms with E-state index in [4.69, 9.17) is 16.3 Å². The Kier molecular flexibility index (Phi) is 6.27. The van der Waals surface area contributed by atoms with Gasteiger partial charge in [-0.25, -0.2) is 8.42 Å². The van der Waals surface area contributed by atoms with Crippen LogP contribution in [0, 0.1) is 0 Å². The molecule has 0 aliphatic carbocycles. The molecule has 0 radical (unpaired) electrons. The van der Waals surface area contributed by atoms with Crippen LogP contribution in [0.1, 0.15) is 6.92 Å². The normalized spacial score (nSPS) is 11.0. The Hall–Kier alpha value is -2.25. The zero-order valence-electron chi connectivity index (χ0n) is 13.9. The van der Waals surface area contributed by atoms with E-state index in [0.717, 1.165) is 4.31 Å². The Bertz CT molecular complexity index is 821. The van der Waals surface area contributed by atoms with E-state index in [1.165, 1.54) is 31.3 Å². The zero-order chi connectivity index (χ0) is 18.4. The Labute approximate surface area is 152 Å². The summed E-state index contributed by atoms with van der Waals surface area (Å²) in [6.07, 6.45) is 0. The second kappa shape index (κ2) is 8.22. The monoisotopic (exact) mass is 382 g/mol. The molecule has 0 saturated carbocycles. The number of benzene rings is 2. The Morgan fingerprint density at radius 2 is 1.72 bits per heavy atom. The highest BCUT2D eigenvalue weighted by atomic mass is 35.5. The van der Waals surface area contributed by atoms with E-state index in [0.29, 0.717) is 23.1 Å². The molecule has 134 valence electrons. The Balaban J connectivity index is 2.44. The number of carbonyl (C=O) groups is 1. The number of carbonyl (C=O) groups excluding carboxylic acids is 1. The molecule has 0 fully saturated rings. The van der Waals surface area contributed by atoms with E-state index in [2.05, 4.69) is 5.32 Å². The molecule has 0 spiro atoms. The van der Waals surface area contributed by atoms with Gasteiger partial charge in [0.15, 0.2) is 0 Å². The van der Waals surface area contributed by atoms with E-state index in [1.807, 2.05) is 6.92 Å². The Morgan fingerprint density at radius 1 is 1.12 bits per heavy atom. The molecule has 0 atom stereocenters. The van der Waals surface area contributed by atoms with Crippen molar-refractivity contribution < 1.29 is 17.9 Å². The molecule has 25 heavy (non-hydrogen) atoms. The lowest BCUT2D eigenvalue weighted by Gasteiger charge is -2.24. The molecule has 2 rings (SSSR count). The number of halogens is 1. The van der Waals surface area contributed by atoms with Crippen molar-refractivity contribution in [3.8, 4) is 5.75 Å². The second-order valence-electron chi connectivity index (χ2n) is 5.07. The maximum absolute atomic E-state index is 13.0. The van der Waals surface area contributed by atoms with Gasteiger partial charge in [0, 0.05) is 12.1 Å². The number of hydrogen-bond donors (Lipinski definition) is 1. The quantitative estimate of drug-likeness (QED) is 0.798. The molecule has 0 saturated heterocycles. The van der Waals surface area contributed by atoms with Gasteiger partial charge in [0.25, 0.3) is 10.0 Å². The third-order valence-corrected chi connectivity index (χ3v) is 5.44. The highest BCUT2D eigenvalue weighted by Gasteiger charge is 2.27. The highest BCUT2D eigenvalue weighted by molar-refractivity contribution is 7.92. The number of rotatable bonds is 7. The summed E-state index contributed by atoms with van der Waals surface area (Å²) in [6, 6.07) is 12.3. The molecule has 0 unspecified atom stereocenters. The van der Waals surface area contributed by atoms with Crippen molar-refractivity contribution in [2.24, 2.45) is 0 Å². The molecule has 1 N–H and O–H groups in total. The first-order valence-electron chi connectivity index (χ1n) is 7.60. The summed E-state index contributed by atoms with van der Waals surface area (Å²) in [5, 5.41) is 2.87. The van der Waals surface area contributed by atoms with Gasteiger partial charge in [-0.3, -0.25) is 9.10 Å². The van der Waals surface area contributed by atoms with Crippen molar-refractivity contribution in [3.05, 3.63) is 53.6 Å². The molecule has 0 aromatic heterocycles. The van der Waals surface area contributed by atoms with Crippen molar-refractivity contribution in [2.45, 2.75) is 11.8 Å². The van der Waals surface area contributed by atoms with Gasteiger partial charge in [0.05, 0.1) is 17.2 Å². The molecular weight excluding hydrogens is 364 g/mol. The number of nitrogens with one attached hydrogen (secondary N) is 1. The highest BCUT2D eigenvalue weighted by Crippen LogP contribution is 2.26. The molecular formula is C17H19ClN2O4S. The van der Waals surface area contributed by atoms with Crippen LogP contribution < -0.4 is 14.4 Å². The Morgan fingerprint density at radius 3 is 2.24 bits per heavy atom. The van der Waals surface area contributed by atoms with Crippen LogP contribution in [0.15, 0.2) is 53.4 Å². The minimum Gasteiger partial charge on any atom is -0.494 e. The molecule has 1 amide bonds. The lowest BCUT2D eigenvalue weighted by atomic mass is 10.3. The number of anilines is 1. The van der Waals surface area contributed by atoms with E-state index >= 15 is 0 Å². The van der Waals surface area contributed by atoms with Gasteiger partial charge in [-0.05, 0) is 55.5 Å². The van der Waals surface area contributed by atoms with Gasteiger partial charge in [-0.2, -0.15) is 0 Å². The average Bonchev–Trinajstić information content (AvgIpc) is 2.61. The van der Waals surface area contributed by atoms with Crippen molar-refractivity contribution in [1.82, 2.24) is 5.32 Å². The standard InChI is InChI=1S/C17H19ClN2O4S/c1-3-24-15-8-6-14(7-9-15)20(12-17(21)19-2)25(22,23)16-10-4-13(18)5-11-16/h4-11H,3,12H2,1-2H3,(H,19,21). The summed E-state index contributed by atoms with van der Waals surface area (Å²) in [5.74, 6) is 0.196. The minimum absolute atomic E-state index is 0.0506. The maximum Gasteiger partial charge on any atom is 0.264 e. The minimum atomic E-state index is -3.93. The van der Waals surface area contributed by atoms with Crippen LogP contribution >= 0.6 is 11.6 Å². The summed E-state index contributed by atoms with van der Waals surface area (Å²) in [6.45, 7) is 2.02. The van der Waals surface area contributed by atoms with Crippen LogP contribution in [-0.2, 0) is 14.8 Å². The van der Waals surface area contributed by atoms with Gasteiger partial charge in [0.1, 0.15) is 12.3 Å². The van der Waals surface area contributed by atoms with E-state index in [-0.39, 0.29) is 11.4 Å². The predicted octanol–water partition coefficient (Wildman–Crippen LogP) is 2.68. The van der Waals surface area contributed by atoms with Crippen molar-refractivity contribution >= 4 is 33.2 Å². The van der Waals surface area contributed by atoms with Gasteiger partial charge in [-0.15, -0.1) is 0 Å². The third kappa shape index (κ3) is 4.64. The summed E-state index contributed by atoms with van der Waals surface area (Å²) in [4.78, 5) is 11.9. The maximum atomic E-state index is 13.0. The topological polar surface area (TPSA) is 75.7 Å². The van der Waals surface area contributed by atoms with E-state index in [1.54, 1.807) is 24.3 Å². The lowest BCUT2D eigenvalue weighted by Crippen LogP contribution is -2.39. The lowest BCUT2D eigenvalue weighted by molar-refractivity contribution is -0.119. The molecule has 0 heterocycles. The van der Waals surface area contributed by atoms with Crippen LogP contribution in [0.5, 0.6) is 5.75 Å². The number of ether oxygens (including phenoxy) is 1. The molecule has 6 nitrogen and oxygen atoms in total. The van der Waals surface area contributed by atoms with Crippen LogP contribution in [0.3, 0.4) is 0 Å². The summed E-state index contributed by atoms with van der Waals surface area (Å²) in [7, 11) is -2.48. The van der Waals surface area contributed by atoms with Crippen LogP contribution in [-0.4, -0.2) is 34.5 Å². The van der Waals surface area contributed by atoms with Crippen molar-refractivity contribution in [1.29, 1.82) is 0 Å². The molecule has 0 bridgehead atoms. The number of likely N-dealkylation sites (N-methyl/N-ethyl adjacent to an activating group) is 1. The summed E-state index contributed by atoms with van der Waals surface area (Å²) >= 11 is 5.83. The van der Waals surface area contributed by atoms with Gasteiger partial charge >= 0.3 is 0 Å². The van der Waals surface area contributed by atoms with Crippen LogP contribution in [0.4, 0.5) is 5.69 Å². The van der Waals surface area contributed by atoms with Crippen molar-refractivity contribution in [3.63, 3.8) is 0 Å². The second-order valence-corrected chi connectivity index (χ2v) is 7.36. The SMILES string of the molecule is CCOc1ccc(N(CC(=O)NC)S(=O)(=O)c2ccc(Cl)cc2)cc1. The molecule has 2 aromatic rings. The smallest absolute Gasteiger partial charge is 0.264 e. The number of nitrogens with zero attached hydrogens (tertiary/aromatic N) is 1. The number of amides is 1. The van der Waals surface area contributed by atoms with Gasteiger partial charge in [0.2, 0.25) is 5.91 Å². The molecule has 0 aliphatic heterocycles. The molecule has 2 aromatic carbocycles. The van der Waals surface area contributed by atoms with Gasteiger partial charge in [-0.1, -0.05) is 11.6 Å². The van der Waals surface area contributed by atoms with Crippen LogP contribution in [0.2, 0.25) is 5.02 Å². The average molecular weight is 383 g/mol. The number of sulfonamides is 1. The van der Waals surface area contributed by atoms with Crippen molar-refractivity contribution in [2.75, 3.05) is 24.5 Å². The fourth-order valence-electron chi connectivity index (χ4n) is 2.13. The predicted molar refractivity (Wildman–Crippen MR) is 97.7 cm³/mol. The summed E-state index contributed by atoms with van der Waals surface area (Å²) < 4.78 is 32.4. The van der Waals surface area contributed by atoms with E-state index < -0.39 is 15.9 Å². The number of hydrogen-bond acceptors (Lipinski definition) is 4. The first-order valence-corrected chi connectivity index (χ1v) is 9.42. The fourth-order valence-corrected chi connectivity index (χ4v) is 3.68. The molecule has 8 heteroatoms. The zero-order valence-corrected chi connectivity index (χ0v) is 15.5. The van der Waals surface area contributed by atoms with Gasteiger partial charge < -0.3 is 10.1 Å². The van der Waals surface area contributed by atoms with Crippen LogP contribution in [0.25, 0.3) is 0 Å². The first-order chi connectivity index (χ1) is 11.9. The van der Waals surface area contributed by atoms with E-state index in [9.17, 15) is 13.2 Å².